The lowest BCUT2D eigenvalue weighted by atomic mass is 10.2. The van der Waals surface area contributed by atoms with Gasteiger partial charge in [-0.2, -0.15) is 5.10 Å². The van der Waals surface area contributed by atoms with Crippen molar-refractivity contribution in [3.05, 3.63) is 42.5 Å². The van der Waals surface area contributed by atoms with Crippen molar-refractivity contribution >= 4 is 0 Å². The Kier molecular flexibility index (Phi) is 4.13. The molecule has 0 bridgehead atoms. The second-order valence-corrected chi connectivity index (χ2v) is 3.94. The minimum Gasteiger partial charge on any atom is -0.494 e. The monoisotopic (exact) mass is 231 g/mol. The molecule has 0 saturated heterocycles. The molecule has 0 amide bonds. The average molecular weight is 231 g/mol. The quantitative estimate of drug-likeness (QED) is 0.717. The van der Waals surface area contributed by atoms with Crippen LogP contribution in [0.25, 0.3) is 0 Å². The highest BCUT2D eigenvalue weighted by atomic mass is 16.5. The number of rotatable bonds is 6. The van der Waals surface area contributed by atoms with E-state index in [1.807, 2.05) is 12.1 Å². The predicted molar refractivity (Wildman–Crippen MR) is 66.0 cm³/mol. The Morgan fingerprint density at radius 3 is 2.71 bits per heavy atom. The molecule has 0 radical (unpaired) electrons. The lowest BCUT2D eigenvalue weighted by molar-refractivity contribution is 0.309. The number of nitrogens with zero attached hydrogens (tertiary/aromatic N) is 3. The molecule has 0 spiro atoms. The second-order valence-electron chi connectivity index (χ2n) is 3.94. The van der Waals surface area contributed by atoms with Crippen molar-refractivity contribution in [2.45, 2.75) is 26.3 Å². The van der Waals surface area contributed by atoms with Crippen LogP contribution in [0.5, 0.6) is 5.75 Å². The molecule has 1 aromatic heterocycles. The van der Waals surface area contributed by atoms with Crippen molar-refractivity contribution in [2.75, 3.05) is 6.61 Å². The van der Waals surface area contributed by atoms with Crippen molar-refractivity contribution in [1.29, 1.82) is 0 Å². The summed E-state index contributed by atoms with van der Waals surface area (Å²) in [7, 11) is 0. The first-order valence-corrected chi connectivity index (χ1v) is 5.92. The van der Waals surface area contributed by atoms with Gasteiger partial charge in [0.2, 0.25) is 0 Å². The third-order valence-corrected chi connectivity index (χ3v) is 2.50. The van der Waals surface area contributed by atoms with Gasteiger partial charge in [-0.25, -0.2) is 9.67 Å². The van der Waals surface area contributed by atoms with Crippen LogP contribution in [-0.2, 0) is 6.54 Å². The van der Waals surface area contributed by atoms with Crippen LogP contribution >= 0.6 is 0 Å². The minimum atomic E-state index is 0.745. The molecule has 17 heavy (non-hydrogen) atoms. The Balaban J connectivity index is 1.89. The molecule has 2 aromatic rings. The van der Waals surface area contributed by atoms with Crippen LogP contribution in [0, 0.1) is 0 Å². The van der Waals surface area contributed by atoms with Crippen LogP contribution in [0.4, 0.5) is 0 Å². The number of aromatic nitrogens is 3. The van der Waals surface area contributed by atoms with E-state index in [1.54, 1.807) is 17.3 Å². The van der Waals surface area contributed by atoms with E-state index in [0.29, 0.717) is 0 Å². The van der Waals surface area contributed by atoms with Crippen molar-refractivity contribution in [3.8, 4) is 5.75 Å². The van der Waals surface area contributed by atoms with Crippen molar-refractivity contribution in [1.82, 2.24) is 14.8 Å². The van der Waals surface area contributed by atoms with Gasteiger partial charge < -0.3 is 4.74 Å². The van der Waals surface area contributed by atoms with Gasteiger partial charge in [-0.3, -0.25) is 0 Å². The first-order chi connectivity index (χ1) is 8.38. The largest absolute Gasteiger partial charge is 0.494 e. The van der Waals surface area contributed by atoms with Crippen LogP contribution in [0.2, 0.25) is 0 Å². The summed E-state index contributed by atoms with van der Waals surface area (Å²) in [5, 5.41) is 4.07. The Bertz CT molecular complexity index is 422. The maximum Gasteiger partial charge on any atom is 0.137 e. The molecule has 0 atom stereocenters. The van der Waals surface area contributed by atoms with Crippen LogP contribution in [0.15, 0.2) is 36.9 Å². The van der Waals surface area contributed by atoms with E-state index in [0.717, 1.165) is 31.7 Å². The fraction of sp³-hybridized carbons (Fsp3) is 0.385. The molecule has 1 heterocycles. The molecule has 0 aliphatic carbocycles. The number of ether oxygens (including phenoxy) is 1. The average Bonchev–Trinajstić information content (AvgIpc) is 2.85. The number of hydrogen-bond acceptors (Lipinski definition) is 3. The summed E-state index contributed by atoms with van der Waals surface area (Å²) in [4.78, 5) is 3.91. The topological polar surface area (TPSA) is 39.9 Å². The smallest absolute Gasteiger partial charge is 0.137 e. The van der Waals surface area contributed by atoms with E-state index in [1.165, 1.54) is 5.56 Å². The molecule has 0 unspecified atom stereocenters. The summed E-state index contributed by atoms with van der Waals surface area (Å²) >= 11 is 0. The zero-order valence-corrected chi connectivity index (χ0v) is 10.0. The Morgan fingerprint density at radius 2 is 2.06 bits per heavy atom. The first kappa shape index (κ1) is 11.6. The van der Waals surface area contributed by atoms with E-state index in [9.17, 15) is 0 Å². The maximum atomic E-state index is 5.60. The standard InChI is InChI=1S/C13H17N3O/c1-2-3-8-17-13-6-4-12(5-7-13)9-16-11-14-10-15-16/h4-7,10-11H,2-3,8-9H2,1H3. The highest BCUT2D eigenvalue weighted by Gasteiger charge is 1.97. The zero-order valence-electron chi connectivity index (χ0n) is 10.0. The van der Waals surface area contributed by atoms with Crippen LogP contribution in [0.3, 0.4) is 0 Å². The third-order valence-electron chi connectivity index (χ3n) is 2.50. The number of benzene rings is 1. The molecule has 0 aliphatic rings. The van der Waals surface area contributed by atoms with Gasteiger partial charge in [-0.15, -0.1) is 0 Å². The molecular formula is C13H17N3O. The van der Waals surface area contributed by atoms with Gasteiger partial charge in [0.1, 0.15) is 18.4 Å². The first-order valence-electron chi connectivity index (χ1n) is 5.92. The van der Waals surface area contributed by atoms with E-state index >= 15 is 0 Å². The molecule has 0 aliphatic heterocycles. The molecule has 0 N–H and O–H groups in total. The highest BCUT2D eigenvalue weighted by molar-refractivity contribution is 5.27. The molecule has 4 heteroatoms. The van der Waals surface area contributed by atoms with E-state index in [2.05, 4.69) is 29.1 Å². The lowest BCUT2D eigenvalue weighted by Gasteiger charge is -2.06. The second kappa shape index (κ2) is 6.03. The van der Waals surface area contributed by atoms with Crippen LogP contribution in [-0.4, -0.2) is 21.4 Å². The van der Waals surface area contributed by atoms with Gasteiger partial charge >= 0.3 is 0 Å². The number of hydrogen-bond donors (Lipinski definition) is 0. The van der Waals surface area contributed by atoms with Gasteiger partial charge in [-0.1, -0.05) is 25.5 Å². The molecule has 90 valence electrons. The maximum absolute atomic E-state index is 5.60. The normalized spacial score (nSPS) is 10.4. The van der Waals surface area contributed by atoms with Gasteiger partial charge in [0.15, 0.2) is 0 Å². The SMILES string of the molecule is CCCCOc1ccc(Cn2cncn2)cc1. The molecule has 4 nitrogen and oxygen atoms in total. The molecule has 0 fully saturated rings. The van der Waals surface area contributed by atoms with Crippen LogP contribution < -0.4 is 4.74 Å². The fourth-order valence-electron chi connectivity index (χ4n) is 1.53. The van der Waals surface area contributed by atoms with E-state index < -0.39 is 0 Å². The molecular weight excluding hydrogens is 214 g/mol. The highest BCUT2D eigenvalue weighted by Crippen LogP contribution is 2.13. The van der Waals surface area contributed by atoms with Gasteiger partial charge in [-0.05, 0) is 24.1 Å². The summed E-state index contributed by atoms with van der Waals surface area (Å²) in [6.45, 7) is 3.69. The lowest BCUT2D eigenvalue weighted by Crippen LogP contribution is -2.00. The molecule has 2 rings (SSSR count). The van der Waals surface area contributed by atoms with Crippen LogP contribution in [0.1, 0.15) is 25.3 Å². The van der Waals surface area contributed by atoms with Gasteiger partial charge in [0.25, 0.3) is 0 Å². The Hall–Kier alpha value is -1.84. The zero-order chi connectivity index (χ0) is 11.9. The Morgan fingerprint density at radius 1 is 1.24 bits per heavy atom. The summed E-state index contributed by atoms with van der Waals surface area (Å²) in [6, 6.07) is 8.12. The Labute approximate surface area is 101 Å². The van der Waals surface area contributed by atoms with E-state index in [-0.39, 0.29) is 0 Å². The van der Waals surface area contributed by atoms with Crippen molar-refractivity contribution < 1.29 is 4.74 Å². The summed E-state index contributed by atoms with van der Waals surface area (Å²) < 4.78 is 7.40. The van der Waals surface area contributed by atoms with Gasteiger partial charge in [0.05, 0.1) is 13.2 Å². The van der Waals surface area contributed by atoms with E-state index in [4.69, 9.17) is 4.74 Å². The molecule has 0 saturated carbocycles. The predicted octanol–water partition coefficient (Wildman–Crippen LogP) is 2.51. The van der Waals surface area contributed by atoms with Gasteiger partial charge in [0, 0.05) is 0 Å². The minimum absolute atomic E-state index is 0.745. The van der Waals surface area contributed by atoms with Crippen molar-refractivity contribution in [3.63, 3.8) is 0 Å². The summed E-state index contributed by atoms with van der Waals surface area (Å²) in [6.07, 6.45) is 5.51. The van der Waals surface area contributed by atoms with Crippen molar-refractivity contribution in [2.24, 2.45) is 0 Å². The molecule has 1 aromatic carbocycles. The number of unbranched alkanes of at least 4 members (excludes halogenated alkanes) is 1. The third kappa shape index (κ3) is 3.59. The fourth-order valence-corrected chi connectivity index (χ4v) is 1.53. The summed E-state index contributed by atoms with van der Waals surface area (Å²) in [5.41, 5.74) is 1.19. The summed E-state index contributed by atoms with van der Waals surface area (Å²) in [5.74, 6) is 0.931.